The first-order valence-corrected chi connectivity index (χ1v) is 12.0. The molecule has 0 atom stereocenters. The zero-order valence-electron chi connectivity index (χ0n) is 21.9. The number of fused-ring (bicyclic) bond motifs is 1. The summed E-state index contributed by atoms with van der Waals surface area (Å²) in [6, 6.07) is 4.56. The van der Waals surface area contributed by atoms with E-state index in [0.717, 1.165) is 5.56 Å². The van der Waals surface area contributed by atoms with Crippen LogP contribution < -0.4 is 10.8 Å². The molecule has 3 N–H and O–H groups in total. The Balaban J connectivity index is 0.00000235. The van der Waals surface area contributed by atoms with Crippen LogP contribution in [0.4, 0.5) is 15.8 Å². The molecule has 0 saturated carbocycles. The number of pyridine rings is 1. The third-order valence-electron chi connectivity index (χ3n) is 4.69. The van der Waals surface area contributed by atoms with Crippen molar-refractivity contribution in [1.29, 1.82) is 0 Å². The number of benzene rings is 1. The number of ether oxygens (including phenoxy) is 2. The minimum atomic E-state index is -1.27. The topological polar surface area (TPSA) is 132 Å². The minimum absolute atomic E-state index is 0.0144. The van der Waals surface area contributed by atoms with Gasteiger partial charge in [-0.15, -0.1) is 0 Å². The fourth-order valence-electron chi connectivity index (χ4n) is 3.12. The van der Waals surface area contributed by atoms with E-state index in [-0.39, 0.29) is 53.5 Å². The number of amides is 1. The average Bonchev–Trinajstić information content (AvgIpc) is 3.22. The van der Waals surface area contributed by atoms with E-state index in [4.69, 9.17) is 18.7 Å². The number of carbonyl (C=O) groups excluding carboxylic acids is 2. The highest BCUT2D eigenvalue weighted by molar-refractivity contribution is 6.11. The molecule has 0 aliphatic heterocycles. The Hall–Kier alpha value is -3.54. The molecule has 10 nitrogen and oxygen atoms in total. The summed E-state index contributed by atoms with van der Waals surface area (Å²) in [5.74, 6) is -3.50. The Morgan fingerprint density at radius 2 is 1.92 bits per heavy atom. The molecule has 2 heterocycles. The predicted molar refractivity (Wildman–Crippen MR) is 136 cm³/mol. The van der Waals surface area contributed by atoms with Gasteiger partial charge in [-0.2, -0.15) is 0 Å². The Morgan fingerprint density at radius 3 is 2.57 bits per heavy atom. The second kappa shape index (κ2) is 13.7. The van der Waals surface area contributed by atoms with Gasteiger partial charge in [-0.25, -0.2) is 14.7 Å². The maximum Gasteiger partial charge on any atom is 0.343 e. The highest BCUT2D eigenvalue weighted by Crippen LogP contribution is 2.35. The number of carbonyl (C=O) groups is 2. The van der Waals surface area contributed by atoms with Crippen LogP contribution in [-0.4, -0.2) is 47.6 Å². The van der Waals surface area contributed by atoms with Crippen molar-refractivity contribution >= 4 is 34.2 Å². The summed E-state index contributed by atoms with van der Waals surface area (Å²) < 4.78 is 30.5. The van der Waals surface area contributed by atoms with Crippen molar-refractivity contribution in [2.45, 2.75) is 53.8 Å². The van der Waals surface area contributed by atoms with Crippen molar-refractivity contribution in [1.82, 2.24) is 10.5 Å². The van der Waals surface area contributed by atoms with Gasteiger partial charge in [-0.3, -0.25) is 14.6 Å². The first-order valence-electron chi connectivity index (χ1n) is 12.0. The quantitative estimate of drug-likeness (QED) is 0.138. The number of aliphatic hydroxyl groups is 1. The molecule has 0 aliphatic carbocycles. The highest BCUT2D eigenvalue weighted by Gasteiger charge is 2.26. The molecular formula is C26H34FN3O7. The molecule has 0 radical (unpaired) electrons. The van der Waals surface area contributed by atoms with Crippen LogP contribution >= 0.6 is 0 Å². The second-order valence-electron chi connectivity index (χ2n) is 8.13. The van der Waals surface area contributed by atoms with Crippen molar-refractivity contribution in [3.05, 3.63) is 53.3 Å². The normalized spacial score (nSPS) is 11.0. The molecule has 2 aromatic heterocycles. The molecule has 0 unspecified atom stereocenters. The Morgan fingerprint density at radius 1 is 1.19 bits per heavy atom. The SMILES string of the molecule is CC.CCOC(=O)c1cncc2c(Nc3ccc(C)cc3F)c(C(=O)NOCCCOC(C)(C)O)oc12. The van der Waals surface area contributed by atoms with E-state index >= 15 is 0 Å². The van der Waals surface area contributed by atoms with E-state index in [0.29, 0.717) is 6.42 Å². The van der Waals surface area contributed by atoms with Crippen LogP contribution in [0.3, 0.4) is 0 Å². The molecule has 37 heavy (non-hydrogen) atoms. The minimum Gasteiger partial charge on any atom is -0.462 e. The third kappa shape index (κ3) is 8.24. The second-order valence-corrected chi connectivity index (χ2v) is 8.13. The van der Waals surface area contributed by atoms with E-state index in [1.807, 2.05) is 13.8 Å². The van der Waals surface area contributed by atoms with Crippen molar-refractivity contribution in [2.75, 3.05) is 25.1 Å². The number of halogens is 1. The molecule has 3 aromatic rings. The lowest BCUT2D eigenvalue weighted by molar-refractivity contribution is -0.178. The van der Waals surface area contributed by atoms with E-state index < -0.39 is 23.5 Å². The first kappa shape index (κ1) is 29.7. The van der Waals surface area contributed by atoms with Gasteiger partial charge in [0.25, 0.3) is 0 Å². The Bertz CT molecular complexity index is 1200. The van der Waals surface area contributed by atoms with Crippen molar-refractivity contribution in [2.24, 2.45) is 0 Å². The van der Waals surface area contributed by atoms with Crippen LogP contribution in [0.15, 0.2) is 35.0 Å². The maximum atomic E-state index is 14.6. The maximum absolute atomic E-state index is 14.6. The lowest BCUT2D eigenvalue weighted by atomic mass is 10.1. The number of hydrogen-bond acceptors (Lipinski definition) is 9. The van der Waals surface area contributed by atoms with E-state index in [2.05, 4.69) is 15.8 Å². The van der Waals surface area contributed by atoms with Gasteiger partial charge in [-0.1, -0.05) is 19.9 Å². The number of hydroxylamine groups is 1. The summed E-state index contributed by atoms with van der Waals surface area (Å²) in [6.45, 7) is 10.8. The smallest absolute Gasteiger partial charge is 0.343 e. The number of anilines is 2. The molecule has 0 saturated heterocycles. The average molecular weight is 520 g/mol. The van der Waals surface area contributed by atoms with Crippen LogP contribution in [0.25, 0.3) is 11.0 Å². The highest BCUT2D eigenvalue weighted by atomic mass is 19.1. The van der Waals surface area contributed by atoms with Crippen molar-refractivity contribution in [3.63, 3.8) is 0 Å². The van der Waals surface area contributed by atoms with Gasteiger partial charge in [0.2, 0.25) is 5.76 Å². The zero-order chi connectivity index (χ0) is 27.6. The van der Waals surface area contributed by atoms with Crippen molar-refractivity contribution in [3.8, 4) is 0 Å². The summed E-state index contributed by atoms with van der Waals surface area (Å²) in [5, 5.41) is 12.7. The summed E-state index contributed by atoms with van der Waals surface area (Å²) in [5.41, 5.74) is 3.25. The van der Waals surface area contributed by atoms with Gasteiger partial charge in [0.1, 0.15) is 17.1 Å². The summed E-state index contributed by atoms with van der Waals surface area (Å²) in [7, 11) is 0. The van der Waals surface area contributed by atoms with Crippen LogP contribution in [0.1, 0.15) is 67.5 Å². The molecule has 0 fully saturated rings. The number of nitrogens with zero attached hydrogens (tertiary/aromatic N) is 1. The van der Waals surface area contributed by atoms with E-state index in [1.54, 1.807) is 19.9 Å². The number of esters is 1. The van der Waals surface area contributed by atoms with Gasteiger partial charge in [0.15, 0.2) is 11.4 Å². The fourth-order valence-corrected chi connectivity index (χ4v) is 3.12. The molecule has 0 aliphatic rings. The largest absolute Gasteiger partial charge is 0.462 e. The summed E-state index contributed by atoms with van der Waals surface area (Å²) in [6.07, 6.45) is 3.05. The number of aromatic nitrogens is 1. The standard InChI is InChI=1S/C24H28FN3O7.C2H6/c1-5-32-23(30)16-13-26-12-15-19(27-18-8-7-14(2)11-17(18)25)21(35-20(15)16)22(29)28-34-10-6-9-33-24(3,4)31;1-2/h7-8,11-13,27,31H,5-6,9-10H2,1-4H3,(H,28,29);1-2H3. The molecular weight excluding hydrogens is 485 g/mol. The first-order chi connectivity index (χ1) is 17.6. The molecule has 202 valence electrons. The van der Waals surface area contributed by atoms with Crippen molar-refractivity contribution < 1.29 is 37.8 Å². The molecule has 0 bridgehead atoms. The van der Waals surface area contributed by atoms with Gasteiger partial charge < -0.3 is 24.3 Å². The lowest BCUT2D eigenvalue weighted by Crippen LogP contribution is -2.27. The number of nitrogens with one attached hydrogen (secondary N) is 2. The molecule has 0 spiro atoms. The summed E-state index contributed by atoms with van der Waals surface area (Å²) >= 11 is 0. The molecule has 1 amide bonds. The Labute approximate surface area is 215 Å². The van der Waals surface area contributed by atoms with Gasteiger partial charge >= 0.3 is 11.9 Å². The zero-order valence-corrected chi connectivity index (χ0v) is 21.9. The van der Waals surface area contributed by atoms with Crippen LogP contribution in [0, 0.1) is 12.7 Å². The van der Waals surface area contributed by atoms with E-state index in [9.17, 15) is 19.1 Å². The summed E-state index contributed by atoms with van der Waals surface area (Å²) in [4.78, 5) is 34.5. The fraction of sp³-hybridized carbons (Fsp3) is 0.423. The molecule has 3 rings (SSSR count). The van der Waals surface area contributed by atoms with Gasteiger partial charge in [-0.05, 0) is 51.8 Å². The van der Waals surface area contributed by atoms with Crippen LogP contribution in [-0.2, 0) is 14.3 Å². The number of hydrogen-bond donors (Lipinski definition) is 3. The molecule has 1 aromatic carbocycles. The van der Waals surface area contributed by atoms with Crippen LogP contribution in [0.5, 0.6) is 0 Å². The predicted octanol–water partition coefficient (Wildman–Crippen LogP) is 5.02. The molecule has 11 heteroatoms. The van der Waals surface area contributed by atoms with Gasteiger partial charge in [0, 0.05) is 12.4 Å². The van der Waals surface area contributed by atoms with Gasteiger partial charge in [0.05, 0.1) is 30.9 Å². The lowest BCUT2D eigenvalue weighted by Gasteiger charge is -2.17. The monoisotopic (exact) mass is 519 g/mol. The van der Waals surface area contributed by atoms with Crippen LogP contribution in [0.2, 0.25) is 0 Å². The third-order valence-corrected chi connectivity index (χ3v) is 4.69. The Kier molecular flexibility index (Phi) is 11.0. The number of rotatable bonds is 11. The van der Waals surface area contributed by atoms with E-state index in [1.165, 1.54) is 38.4 Å². The number of aryl methyl sites for hydroxylation is 1. The number of furan rings is 1.